The topological polar surface area (TPSA) is 73.3 Å². The number of nitrogens with zero attached hydrogens (tertiary/aromatic N) is 3. The third kappa shape index (κ3) is 4.79. The molecule has 1 atom stereocenters. The molecule has 0 spiro atoms. The number of aliphatic hydroxyl groups excluding tert-OH is 1. The van der Waals surface area contributed by atoms with Crippen LogP contribution in [0.1, 0.15) is 0 Å². The number of rotatable bonds is 6. The lowest BCUT2D eigenvalue weighted by atomic mass is 10.2. The molecular weight excluding hydrogens is 361 g/mol. The highest BCUT2D eigenvalue weighted by Crippen LogP contribution is 2.20. The van der Waals surface area contributed by atoms with Crippen LogP contribution < -0.4 is 0 Å². The van der Waals surface area contributed by atoms with Gasteiger partial charge in [0, 0.05) is 52.4 Å². The molecule has 0 bridgehead atoms. The van der Waals surface area contributed by atoms with Gasteiger partial charge in [0.25, 0.3) is 0 Å². The van der Waals surface area contributed by atoms with Gasteiger partial charge in [-0.3, -0.25) is 9.80 Å². The zero-order valence-corrected chi connectivity index (χ0v) is 15.6. The van der Waals surface area contributed by atoms with Crippen LogP contribution in [0.4, 0.5) is 4.39 Å². The molecule has 1 aromatic rings. The van der Waals surface area contributed by atoms with E-state index in [0.29, 0.717) is 52.5 Å². The van der Waals surface area contributed by atoms with Crippen molar-refractivity contribution in [3.05, 3.63) is 30.1 Å². The van der Waals surface area contributed by atoms with Crippen molar-refractivity contribution >= 4 is 10.0 Å². The predicted octanol–water partition coefficient (Wildman–Crippen LogP) is -0.175. The third-order valence-corrected chi connectivity index (χ3v) is 6.76. The standard InChI is InChI=1S/C17H26FN3O4S/c18-16-3-1-2-4-17(16)26(23,24)21-7-5-19(6-8-21)13-15(22)14-20-9-11-25-12-10-20/h1-4,15,22H,5-14H2. The van der Waals surface area contributed by atoms with E-state index in [1.165, 1.54) is 22.5 Å². The van der Waals surface area contributed by atoms with Gasteiger partial charge in [0.05, 0.1) is 19.3 Å². The number of halogens is 1. The summed E-state index contributed by atoms with van der Waals surface area (Å²) < 4.78 is 45.7. The number of piperazine rings is 1. The lowest BCUT2D eigenvalue weighted by molar-refractivity contribution is 0.00469. The molecule has 9 heteroatoms. The highest BCUT2D eigenvalue weighted by Gasteiger charge is 2.31. The Morgan fingerprint density at radius 1 is 1.00 bits per heavy atom. The first-order valence-electron chi connectivity index (χ1n) is 8.92. The van der Waals surface area contributed by atoms with Gasteiger partial charge in [-0.15, -0.1) is 0 Å². The van der Waals surface area contributed by atoms with Gasteiger partial charge in [0.1, 0.15) is 10.7 Å². The minimum Gasteiger partial charge on any atom is -0.390 e. The van der Waals surface area contributed by atoms with Gasteiger partial charge in [-0.05, 0) is 12.1 Å². The Labute approximate surface area is 154 Å². The van der Waals surface area contributed by atoms with Crippen LogP contribution in [0.3, 0.4) is 0 Å². The molecule has 0 aromatic heterocycles. The van der Waals surface area contributed by atoms with Gasteiger partial charge in [-0.2, -0.15) is 4.31 Å². The van der Waals surface area contributed by atoms with Gasteiger partial charge in [-0.1, -0.05) is 12.1 Å². The van der Waals surface area contributed by atoms with Crippen molar-refractivity contribution in [3.63, 3.8) is 0 Å². The van der Waals surface area contributed by atoms with Crippen LogP contribution in [0.2, 0.25) is 0 Å². The summed E-state index contributed by atoms with van der Waals surface area (Å²) >= 11 is 0. The molecule has 26 heavy (non-hydrogen) atoms. The van der Waals surface area contributed by atoms with Crippen LogP contribution >= 0.6 is 0 Å². The number of hydrogen-bond acceptors (Lipinski definition) is 6. The summed E-state index contributed by atoms with van der Waals surface area (Å²) in [5, 5.41) is 10.3. The largest absolute Gasteiger partial charge is 0.390 e. The summed E-state index contributed by atoms with van der Waals surface area (Å²) in [7, 11) is -3.82. The molecule has 1 N–H and O–H groups in total. The fourth-order valence-electron chi connectivity index (χ4n) is 3.38. The monoisotopic (exact) mass is 387 g/mol. The van der Waals surface area contributed by atoms with E-state index in [4.69, 9.17) is 4.74 Å². The Kier molecular flexibility index (Phi) is 6.60. The number of aliphatic hydroxyl groups is 1. The zero-order valence-electron chi connectivity index (χ0n) is 14.8. The molecule has 0 radical (unpaired) electrons. The Hall–Kier alpha value is -1.10. The van der Waals surface area contributed by atoms with E-state index in [2.05, 4.69) is 9.80 Å². The minimum atomic E-state index is -3.82. The lowest BCUT2D eigenvalue weighted by Gasteiger charge is -2.36. The first-order chi connectivity index (χ1) is 12.5. The van der Waals surface area contributed by atoms with E-state index >= 15 is 0 Å². The van der Waals surface area contributed by atoms with Crippen LogP contribution in [-0.4, -0.2) is 99.3 Å². The lowest BCUT2D eigenvalue weighted by Crippen LogP contribution is -2.52. The summed E-state index contributed by atoms with van der Waals surface area (Å²) in [5.41, 5.74) is 0. The average molecular weight is 387 g/mol. The molecule has 2 aliphatic heterocycles. The smallest absolute Gasteiger partial charge is 0.246 e. The van der Waals surface area contributed by atoms with Gasteiger partial charge in [-0.25, -0.2) is 12.8 Å². The Bertz CT molecular complexity index is 689. The fourth-order valence-corrected chi connectivity index (χ4v) is 4.87. The van der Waals surface area contributed by atoms with E-state index in [9.17, 15) is 17.9 Å². The number of ether oxygens (including phenoxy) is 1. The zero-order chi connectivity index (χ0) is 18.6. The summed E-state index contributed by atoms with van der Waals surface area (Å²) in [5.74, 6) is -0.726. The van der Waals surface area contributed by atoms with E-state index in [1.807, 2.05) is 0 Å². The van der Waals surface area contributed by atoms with Crippen molar-refractivity contribution in [2.45, 2.75) is 11.0 Å². The second-order valence-electron chi connectivity index (χ2n) is 6.70. The van der Waals surface area contributed by atoms with E-state index in [0.717, 1.165) is 19.2 Å². The third-order valence-electron chi connectivity index (χ3n) is 4.83. The second kappa shape index (κ2) is 8.73. The Morgan fingerprint density at radius 2 is 1.58 bits per heavy atom. The minimum absolute atomic E-state index is 0.277. The van der Waals surface area contributed by atoms with Crippen LogP contribution in [0.25, 0.3) is 0 Å². The second-order valence-corrected chi connectivity index (χ2v) is 8.61. The van der Waals surface area contributed by atoms with Crippen molar-refractivity contribution < 1.29 is 22.7 Å². The molecule has 7 nitrogen and oxygen atoms in total. The fraction of sp³-hybridized carbons (Fsp3) is 0.647. The number of morpholine rings is 1. The highest BCUT2D eigenvalue weighted by atomic mass is 32.2. The summed E-state index contributed by atoms with van der Waals surface area (Å²) in [6.07, 6.45) is -0.483. The average Bonchev–Trinajstić information content (AvgIpc) is 2.63. The van der Waals surface area contributed by atoms with Crippen molar-refractivity contribution in [2.24, 2.45) is 0 Å². The first-order valence-corrected chi connectivity index (χ1v) is 10.4. The predicted molar refractivity (Wildman–Crippen MR) is 94.9 cm³/mol. The highest BCUT2D eigenvalue weighted by molar-refractivity contribution is 7.89. The first kappa shape index (κ1) is 19.7. The van der Waals surface area contributed by atoms with Gasteiger partial charge in [0.15, 0.2) is 0 Å². The van der Waals surface area contributed by atoms with E-state index in [1.54, 1.807) is 0 Å². The maximum atomic E-state index is 13.8. The van der Waals surface area contributed by atoms with Crippen molar-refractivity contribution in [2.75, 3.05) is 65.6 Å². The van der Waals surface area contributed by atoms with Crippen molar-refractivity contribution in [3.8, 4) is 0 Å². The molecule has 3 rings (SSSR count). The maximum absolute atomic E-state index is 13.8. The van der Waals surface area contributed by atoms with Crippen LogP contribution in [-0.2, 0) is 14.8 Å². The molecule has 146 valence electrons. The number of hydrogen-bond donors (Lipinski definition) is 1. The molecule has 2 saturated heterocycles. The molecule has 1 aromatic carbocycles. The van der Waals surface area contributed by atoms with Gasteiger partial charge >= 0.3 is 0 Å². The molecule has 1 unspecified atom stereocenters. The molecular formula is C17H26FN3O4S. The van der Waals surface area contributed by atoms with Crippen LogP contribution in [0.5, 0.6) is 0 Å². The summed E-state index contributed by atoms with van der Waals surface area (Å²) in [4.78, 5) is 3.95. The normalized spacial score (nSPS) is 22.4. The van der Waals surface area contributed by atoms with Gasteiger partial charge < -0.3 is 9.84 Å². The Balaban J connectivity index is 1.50. The number of sulfonamides is 1. The summed E-state index contributed by atoms with van der Waals surface area (Å²) in [6, 6.07) is 5.45. The van der Waals surface area contributed by atoms with Crippen molar-refractivity contribution in [1.29, 1.82) is 0 Å². The van der Waals surface area contributed by atoms with Crippen LogP contribution in [0, 0.1) is 5.82 Å². The molecule has 2 aliphatic rings. The van der Waals surface area contributed by atoms with E-state index in [-0.39, 0.29) is 4.90 Å². The molecule has 0 saturated carbocycles. The summed E-state index contributed by atoms with van der Waals surface area (Å²) in [6.45, 7) is 5.77. The molecule has 0 aliphatic carbocycles. The SMILES string of the molecule is O=S(=O)(c1ccccc1F)N1CCN(CC(O)CN2CCOCC2)CC1. The molecule has 0 amide bonds. The maximum Gasteiger partial charge on any atom is 0.246 e. The van der Waals surface area contributed by atoms with Crippen molar-refractivity contribution in [1.82, 2.24) is 14.1 Å². The molecule has 2 heterocycles. The number of β-amino-alcohol motifs (C(OH)–C–C–N with tert-alkyl or cyclic N) is 1. The van der Waals surface area contributed by atoms with E-state index < -0.39 is 21.9 Å². The van der Waals surface area contributed by atoms with Gasteiger partial charge in [0.2, 0.25) is 10.0 Å². The quantitative estimate of drug-likeness (QED) is 0.731. The number of benzene rings is 1. The molecule has 2 fully saturated rings. The Morgan fingerprint density at radius 3 is 2.19 bits per heavy atom. The van der Waals surface area contributed by atoms with Crippen LogP contribution in [0.15, 0.2) is 29.2 Å².